The first-order valence-electron chi connectivity index (χ1n) is 10.6. The monoisotopic (exact) mass is 455 g/mol. The molecule has 170 valence electrons. The number of carbonyl (C=O) groups is 2. The van der Waals surface area contributed by atoms with Gasteiger partial charge in [0, 0.05) is 36.3 Å². The van der Waals surface area contributed by atoms with Crippen molar-refractivity contribution in [2.75, 3.05) is 20.2 Å². The van der Waals surface area contributed by atoms with Crippen molar-refractivity contribution in [1.29, 1.82) is 0 Å². The number of nitrogens with two attached hydrogens (primary N) is 1. The highest BCUT2D eigenvalue weighted by Gasteiger charge is 2.34. The van der Waals surface area contributed by atoms with Gasteiger partial charge in [0.2, 0.25) is 0 Å². The molecule has 9 heteroatoms. The van der Waals surface area contributed by atoms with E-state index in [1.807, 2.05) is 36.4 Å². The molecule has 0 unspecified atom stereocenters. The molecule has 1 saturated heterocycles. The summed E-state index contributed by atoms with van der Waals surface area (Å²) in [6.07, 6.45) is 6.98. The van der Waals surface area contributed by atoms with Crippen molar-refractivity contribution in [3.8, 4) is 40.8 Å². The number of benzene rings is 2. The molecule has 1 fully saturated rings. The van der Waals surface area contributed by atoms with Gasteiger partial charge in [-0.15, -0.1) is 6.42 Å². The van der Waals surface area contributed by atoms with E-state index in [0.717, 1.165) is 16.9 Å². The number of likely N-dealkylation sites (tertiary alicyclic amines) is 1. The van der Waals surface area contributed by atoms with Crippen LogP contribution in [0.4, 0.5) is 0 Å². The molecule has 0 aliphatic carbocycles. The van der Waals surface area contributed by atoms with Crippen molar-refractivity contribution < 1.29 is 19.1 Å². The second-order valence-corrected chi connectivity index (χ2v) is 7.91. The summed E-state index contributed by atoms with van der Waals surface area (Å²) in [5, 5.41) is 3.06. The number of fused-ring (bicyclic) bond motifs is 1. The lowest BCUT2D eigenvalue weighted by atomic mass is 9.93. The van der Waals surface area contributed by atoms with E-state index in [0.29, 0.717) is 35.9 Å². The van der Waals surface area contributed by atoms with E-state index in [-0.39, 0.29) is 17.5 Å². The summed E-state index contributed by atoms with van der Waals surface area (Å²) < 4.78 is 12.6. The van der Waals surface area contributed by atoms with Gasteiger partial charge in [-0.1, -0.05) is 0 Å². The van der Waals surface area contributed by atoms with Crippen LogP contribution in [0.3, 0.4) is 0 Å². The summed E-state index contributed by atoms with van der Waals surface area (Å²) in [7, 11) is 1.61. The molecule has 2 aromatic carbocycles. The molecule has 2 amide bonds. The molecule has 1 aliphatic rings. The first kappa shape index (κ1) is 21.2. The minimum absolute atomic E-state index is 0.0716. The molecular formula is C25H21N5O4. The lowest BCUT2D eigenvalue weighted by Crippen LogP contribution is -2.47. The second kappa shape index (κ2) is 8.33. The Morgan fingerprint density at radius 3 is 2.29 bits per heavy atom. The third-order valence-electron chi connectivity index (χ3n) is 5.87. The smallest absolute Gasteiger partial charge is 0.298 e. The number of primary amides is 1. The van der Waals surface area contributed by atoms with E-state index in [2.05, 4.69) is 11.0 Å². The fourth-order valence-corrected chi connectivity index (χ4v) is 4.06. The maximum absolute atomic E-state index is 12.3. The Morgan fingerprint density at radius 2 is 1.71 bits per heavy atom. The van der Waals surface area contributed by atoms with Gasteiger partial charge in [0.1, 0.15) is 22.9 Å². The number of methoxy groups -OCH3 is 1. The largest absolute Gasteiger partial charge is 0.497 e. The molecule has 3 heterocycles. The van der Waals surface area contributed by atoms with Gasteiger partial charge in [-0.2, -0.15) is 0 Å². The number of imidazole rings is 1. The van der Waals surface area contributed by atoms with E-state index in [4.69, 9.17) is 26.6 Å². The zero-order chi connectivity index (χ0) is 23.8. The minimum Gasteiger partial charge on any atom is -0.497 e. The highest BCUT2D eigenvalue weighted by molar-refractivity contribution is 5.98. The van der Waals surface area contributed by atoms with Crippen LogP contribution in [0.1, 0.15) is 22.0 Å². The third kappa shape index (κ3) is 3.61. The highest BCUT2D eigenvalue weighted by Crippen LogP contribution is 2.34. The summed E-state index contributed by atoms with van der Waals surface area (Å²) in [6.45, 7) is 1.00. The van der Waals surface area contributed by atoms with Gasteiger partial charge < -0.3 is 20.1 Å². The minimum atomic E-state index is -0.604. The van der Waals surface area contributed by atoms with Gasteiger partial charge in [-0.05, 0) is 54.5 Å². The normalized spacial score (nSPS) is 13.4. The van der Waals surface area contributed by atoms with Crippen LogP contribution < -0.4 is 15.2 Å². The van der Waals surface area contributed by atoms with E-state index in [1.165, 1.54) is 0 Å². The number of nitrogens with zero attached hydrogens (tertiary/aromatic N) is 3. The van der Waals surface area contributed by atoms with E-state index < -0.39 is 5.91 Å². The molecule has 2 aromatic heterocycles. The van der Waals surface area contributed by atoms with Crippen LogP contribution in [0.5, 0.6) is 17.2 Å². The summed E-state index contributed by atoms with van der Waals surface area (Å²) in [5.41, 5.74) is 8.63. The van der Waals surface area contributed by atoms with E-state index in [9.17, 15) is 9.59 Å². The Hall–Kier alpha value is -4.71. The number of aromatic amines is 1. The lowest BCUT2D eigenvalue weighted by Gasteiger charge is -2.37. The predicted octanol–water partition coefficient (Wildman–Crippen LogP) is 2.79. The summed E-state index contributed by atoms with van der Waals surface area (Å²) in [5.74, 6) is 3.31. The van der Waals surface area contributed by atoms with Crippen molar-refractivity contribution in [1.82, 2.24) is 19.5 Å². The molecule has 0 atom stereocenters. The van der Waals surface area contributed by atoms with Gasteiger partial charge in [-0.25, -0.2) is 9.50 Å². The molecule has 34 heavy (non-hydrogen) atoms. The molecule has 0 saturated carbocycles. The maximum Gasteiger partial charge on any atom is 0.298 e. The van der Waals surface area contributed by atoms with Crippen LogP contribution in [0.25, 0.3) is 16.9 Å². The van der Waals surface area contributed by atoms with Crippen LogP contribution in [0, 0.1) is 12.3 Å². The average molecular weight is 455 g/mol. The molecule has 1 aliphatic heterocycles. The Labute approximate surface area is 195 Å². The standard InChI is InChI=1S/C25H21N5O4/c1-3-21(31)29-13-16(14-29)20-12-27-30-23(24(26)32)22(28-25(20)30)15-4-6-18(7-5-15)34-19-10-8-17(33-2)9-11-19/h1,4-12,16,27H,13-14H2,2H3,(H2,26,32). The van der Waals surface area contributed by atoms with Crippen LogP contribution in [-0.2, 0) is 4.79 Å². The first-order chi connectivity index (χ1) is 16.5. The van der Waals surface area contributed by atoms with Gasteiger partial charge in [-0.3, -0.25) is 14.7 Å². The molecule has 4 aromatic rings. The molecule has 0 bridgehead atoms. The number of rotatable bonds is 6. The third-order valence-corrected chi connectivity index (χ3v) is 5.87. The SMILES string of the molecule is C#CC(=O)N1CC(c2c[nH]n3c(C(N)=O)c(-c4ccc(Oc5ccc(OC)cc5)cc4)nc23)C1. The predicted molar refractivity (Wildman–Crippen MR) is 125 cm³/mol. The van der Waals surface area contributed by atoms with E-state index in [1.54, 1.807) is 34.9 Å². The van der Waals surface area contributed by atoms with Crippen LogP contribution >= 0.6 is 0 Å². The quantitative estimate of drug-likeness (QED) is 0.434. The number of hydrogen-bond donors (Lipinski definition) is 2. The Kier molecular flexibility index (Phi) is 5.18. The van der Waals surface area contributed by atoms with Crippen molar-refractivity contribution in [2.24, 2.45) is 5.73 Å². The number of hydrogen-bond acceptors (Lipinski definition) is 5. The van der Waals surface area contributed by atoms with Crippen LogP contribution in [-0.4, -0.2) is 51.5 Å². The Balaban J connectivity index is 1.42. The summed E-state index contributed by atoms with van der Waals surface area (Å²) in [4.78, 5) is 30.3. The molecule has 3 N–H and O–H groups in total. The molecule has 0 radical (unpaired) electrons. The van der Waals surface area contributed by atoms with Gasteiger partial charge in [0.05, 0.1) is 7.11 Å². The van der Waals surface area contributed by atoms with Crippen LogP contribution in [0.15, 0.2) is 54.7 Å². The van der Waals surface area contributed by atoms with Crippen molar-refractivity contribution in [2.45, 2.75) is 5.92 Å². The highest BCUT2D eigenvalue weighted by atomic mass is 16.5. The number of ether oxygens (including phenoxy) is 2. The van der Waals surface area contributed by atoms with Crippen molar-refractivity contribution >= 4 is 17.5 Å². The Morgan fingerprint density at radius 1 is 1.09 bits per heavy atom. The number of amides is 2. The average Bonchev–Trinajstić information content (AvgIpc) is 3.39. The van der Waals surface area contributed by atoms with Crippen molar-refractivity contribution in [3.63, 3.8) is 0 Å². The van der Waals surface area contributed by atoms with Crippen LogP contribution in [0.2, 0.25) is 0 Å². The van der Waals surface area contributed by atoms with E-state index >= 15 is 0 Å². The number of nitrogens with one attached hydrogen (secondary N) is 1. The maximum atomic E-state index is 12.3. The van der Waals surface area contributed by atoms with Gasteiger partial charge >= 0.3 is 0 Å². The molecule has 9 nitrogen and oxygen atoms in total. The molecular weight excluding hydrogens is 434 g/mol. The van der Waals surface area contributed by atoms with Crippen molar-refractivity contribution in [3.05, 3.63) is 66.0 Å². The summed E-state index contributed by atoms with van der Waals surface area (Å²) in [6, 6.07) is 14.5. The number of terminal acetylenes is 1. The lowest BCUT2D eigenvalue weighted by molar-refractivity contribution is -0.129. The van der Waals surface area contributed by atoms with Gasteiger partial charge in [0.25, 0.3) is 11.8 Å². The Bertz CT molecular complexity index is 1420. The first-order valence-corrected chi connectivity index (χ1v) is 10.6. The fraction of sp³-hybridized carbons (Fsp3) is 0.160. The molecule has 0 spiro atoms. The summed E-state index contributed by atoms with van der Waals surface area (Å²) >= 11 is 0. The fourth-order valence-electron chi connectivity index (χ4n) is 4.06. The zero-order valence-corrected chi connectivity index (χ0v) is 18.3. The number of H-pyrrole nitrogens is 1. The number of aromatic nitrogens is 3. The van der Waals surface area contributed by atoms with Gasteiger partial charge in [0.15, 0.2) is 11.3 Å². The topological polar surface area (TPSA) is 115 Å². The number of carbonyl (C=O) groups excluding carboxylic acids is 2. The molecule has 5 rings (SSSR count). The second-order valence-electron chi connectivity index (χ2n) is 7.91. The zero-order valence-electron chi connectivity index (χ0n) is 18.3.